The number of carbonyl (C=O) groups excluding carboxylic acids is 1. The molecule has 2 heterocycles. The quantitative estimate of drug-likeness (QED) is 0.855. The maximum atomic E-state index is 13.6. The Kier molecular flexibility index (Phi) is 4.58. The van der Waals surface area contributed by atoms with Gasteiger partial charge in [-0.05, 0) is 30.4 Å². The molecule has 0 saturated carbocycles. The van der Waals surface area contributed by atoms with Crippen LogP contribution in [-0.4, -0.2) is 37.1 Å². The summed E-state index contributed by atoms with van der Waals surface area (Å²) in [5, 5.41) is 0. The predicted molar refractivity (Wildman–Crippen MR) is 98.6 cm³/mol. The van der Waals surface area contributed by atoms with Crippen LogP contribution in [0.1, 0.15) is 36.3 Å². The fourth-order valence-corrected chi connectivity index (χ4v) is 4.35. The summed E-state index contributed by atoms with van der Waals surface area (Å²) >= 11 is 0. The van der Waals surface area contributed by atoms with Crippen LogP contribution < -0.4 is 0 Å². The number of nitrogens with zero attached hydrogens (tertiary/aromatic N) is 1. The molecule has 2 aliphatic rings. The lowest BCUT2D eigenvalue weighted by Gasteiger charge is -2.39. The zero-order valence-electron chi connectivity index (χ0n) is 14.6. The van der Waals surface area contributed by atoms with Gasteiger partial charge in [0.05, 0.1) is 5.41 Å². The molecule has 1 unspecified atom stereocenters. The summed E-state index contributed by atoms with van der Waals surface area (Å²) in [5.41, 5.74) is 2.08. The Morgan fingerprint density at radius 2 is 1.60 bits per heavy atom. The zero-order chi connectivity index (χ0) is 17.1. The summed E-state index contributed by atoms with van der Waals surface area (Å²) in [5.74, 6) is 0.748. The van der Waals surface area contributed by atoms with Crippen LogP contribution in [0, 0.1) is 0 Å². The Hall–Kier alpha value is -2.13. The van der Waals surface area contributed by atoms with E-state index in [1.807, 2.05) is 24.3 Å². The van der Waals surface area contributed by atoms with E-state index in [0.717, 1.165) is 37.9 Å². The summed E-state index contributed by atoms with van der Waals surface area (Å²) < 4.78 is 5.58. The van der Waals surface area contributed by atoms with E-state index in [2.05, 4.69) is 41.3 Å². The van der Waals surface area contributed by atoms with Gasteiger partial charge < -0.3 is 9.64 Å². The lowest BCUT2D eigenvalue weighted by molar-refractivity contribution is -0.140. The van der Waals surface area contributed by atoms with Crippen molar-refractivity contribution >= 4 is 5.91 Å². The van der Waals surface area contributed by atoms with E-state index in [4.69, 9.17) is 4.74 Å². The second-order valence-electron chi connectivity index (χ2n) is 7.21. The molecule has 4 rings (SSSR count). The molecular formula is C22H25NO2. The van der Waals surface area contributed by atoms with Gasteiger partial charge in [0.2, 0.25) is 5.91 Å². The summed E-state index contributed by atoms with van der Waals surface area (Å²) in [7, 11) is 0. The molecule has 0 spiro atoms. The molecule has 3 heteroatoms. The topological polar surface area (TPSA) is 29.5 Å². The average molecular weight is 335 g/mol. The summed E-state index contributed by atoms with van der Waals surface area (Å²) in [6.45, 7) is 3.01. The number of amides is 1. The van der Waals surface area contributed by atoms with Gasteiger partial charge in [0.25, 0.3) is 0 Å². The molecule has 2 aromatic carbocycles. The minimum atomic E-state index is -0.412. The number of hydrogen-bond acceptors (Lipinski definition) is 2. The maximum absolute atomic E-state index is 13.6. The molecule has 2 fully saturated rings. The summed E-state index contributed by atoms with van der Waals surface area (Å²) in [6.07, 6.45) is 2.61. The number of carbonyl (C=O) groups is 1. The fraction of sp³-hybridized carbons (Fsp3) is 0.409. The van der Waals surface area contributed by atoms with Crippen molar-refractivity contribution in [2.24, 2.45) is 0 Å². The first-order valence-corrected chi connectivity index (χ1v) is 9.27. The van der Waals surface area contributed by atoms with Gasteiger partial charge in [0.15, 0.2) is 0 Å². The van der Waals surface area contributed by atoms with Crippen LogP contribution in [-0.2, 0) is 14.9 Å². The van der Waals surface area contributed by atoms with Gasteiger partial charge >= 0.3 is 0 Å². The molecule has 1 atom stereocenters. The first-order valence-electron chi connectivity index (χ1n) is 9.27. The Labute approximate surface area is 149 Å². The minimum Gasteiger partial charge on any atom is -0.381 e. The Balaban J connectivity index is 1.58. The van der Waals surface area contributed by atoms with Crippen LogP contribution in [0.15, 0.2) is 60.7 Å². The molecule has 1 amide bonds. The summed E-state index contributed by atoms with van der Waals surface area (Å²) in [4.78, 5) is 15.7. The smallest absolute Gasteiger partial charge is 0.233 e. The van der Waals surface area contributed by atoms with Crippen LogP contribution >= 0.6 is 0 Å². The number of rotatable bonds is 3. The van der Waals surface area contributed by atoms with Crippen molar-refractivity contribution in [3.05, 3.63) is 71.8 Å². The van der Waals surface area contributed by atoms with Gasteiger partial charge in [-0.1, -0.05) is 60.7 Å². The van der Waals surface area contributed by atoms with Gasteiger partial charge in [-0.3, -0.25) is 4.79 Å². The molecule has 3 nitrogen and oxygen atoms in total. The van der Waals surface area contributed by atoms with Gasteiger partial charge in [0.1, 0.15) is 0 Å². The van der Waals surface area contributed by atoms with Crippen molar-refractivity contribution in [2.75, 3.05) is 26.3 Å². The highest BCUT2D eigenvalue weighted by atomic mass is 16.5. The van der Waals surface area contributed by atoms with Crippen LogP contribution in [0.3, 0.4) is 0 Å². The third-order valence-corrected chi connectivity index (χ3v) is 5.83. The van der Waals surface area contributed by atoms with E-state index in [9.17, 15) is 4.79 Å². The van der Waals surface area contributed by atoms with Gasteiger partial charge in [-0.15, -0.1) is 0 Å². The molecule has 2 aromatic rings. The fourth-order valence-electron chi connectivity index (χ4n) is 4.35. The highest BCUT2D eigenvalue weighted by Gasteiger charge is 2.45. The van der Waals surface area contributed by atoms with Crippen molar-refractivity contribution in [3.8, 4) is 0 Å². The van der Waals surface area contributed by atoms with E-state index >= 15 is 0 Å². The second kappa shape index (κ2) is 7.01. The second-order valence-corrected chi connectivity index (χ2v) is 7.21. The first kappa shape index (κ1) is 16.3. The van der Waals surface area contributed by atoms with E-state index in [1.54, 1.807) is 0 Å². The Bertz CT molecular complexity index is 707. The molecule has 0 N–H and O–H groups in total. The summed E-state index contributed by atoms with van der Waals surface area (Å²) in [6, 6.07) is 20.9. The van der Waals surface area contributed by atoms with E-state index in [-0.39, 0.29) is 0 Å². The third-order valence-electron chi connectivity index (χ3n) is 5.83. The van der Waals surface area contributed by atoms with Crippen molar-refractivity contribution in [3.63, 3.8) is 0 Å². The lowest BCUT2D eigenvalue weighted by atomic mass is 9.73. The van der Waals surface area contributed by atoms with Crippen LogP contribution in [0.5, 0.6) is 0 Å². The van der Waals surface area contributed by atoms with Crippen molar-refractivity contribution in [2.45, 2.75) is 30.6 Å². The first-order chi connectivity index (χ1) is 12.3. The van der Waals surface area contributed by atoms with Crippen LogP contribution in [0.25, 0.3) is 0 Å². The monoisotopic (exact) mass is 335 g/mol. The molecule has 0 aliphatic carbocycles. The normalized spacial score (nSPS) is 22.7. The molecule has 25 heavy (non-hydrogen) atoms. The number of hydrogen-bond donors (Lipinski definition) is 0. The predicted octanol–water partition coefficient (Wildman–Crippen LogP) is 3.75. The largest absolute Gasteiger partial charge is 0.381 e. The van der Waals surface area contributed by atoms with E-state index in [0.29, 0.717) is 25.0 Å². The van der Waals surface area contributed by atoms with E-state index < -0.39 is 5.41 Å². The third kappa shape index (κ3) is 3.09. The molecule has 0 aromatic heterocycles. The van der Waals surface area contributed by atoms with Crippen LogP contribution in [0.2, 0.25) is 0 Å². The molecular weight excluding hydrogens is 310 g/mol. The number of benzene rings is 2. The number of likely N-dealkylation sites (tertiary alicyclic amines) is 1. The highest BCUT2D eigenvalue weighted by Crippen LogP contribution is 2.39. The molecule has 2 aliphatic heterocycles. The van der Waals surface area contributed by atoms with Gasteiger partial charge in [-0.2, -0.15) is 0 Å². The van der Waals surface area contributed by atoms with Crippen LogP contribution in [0.4, 0.5) is 0 Å². The molecule has 130 valence electrons. The Morgan fingerprint density at radius 3 is 2.28 bits per heavy atom. The van der Waals surface area contributed by atoms with Crippen molar-refractivity contribution in [1.82, 2.24) is 4.90 Å². The minimum absolute atomic E-state index is 0.292. The maximum Gasteiger partial charge on any atom is 0.233 e. The van der Waals surface area contributed by atoms with Gasteiger partial charge in [0, 0.05) is 32.2 Å². The SMILES string of the molecule is O=C(N1CCC(c2ccccc2)C1)C1(c2ccccc2)CCOCC1. The van der Waals surface area contributed by atoms with E-state index in [1.165, 1.54) is 5.56 Å². The zero-order valence-corrected chi connectivity index (χ0v) is 14.6. The Morgan fingerprint density at radius 1 is 0.960 bits per heavy atom. The average Bonchev–Trinajstić information content (AvgIpc) is 3.19. The molecule has 0 radical (unpaired) electrons. The van der Waals surface area contributed by atoms with Crippen molar-refractivity contribution in [1.29, 1.82) is 0 Å². The lowest BCUT2D eigenvalue weighted by Crippen LogP contribution is -2.49. The number of ether oxygens (including phenoxy) is 1. The van der Waals surface area contributed by atoms with Gasteiger partial charge in [-0.25, -0.2) is 0 Å². The van der Waals surface area contributed by atoms with Crippen molar-refractivity contribution < 1.29 is 9.53 Å². The standard InChI is InChI=1S/C22H25NO2/c24-21(23-14-11-19(17-23)18-7-3-1-4-8-18)22(12-15-25-16-13-22)20-9-5-2-6-10-20/h1-10,19H,11-17H2. The highest BCUT2D eigenvalue weighted by molar-refractivity contribution is 5.88. The molecule has 0 bridgehead atoms. The molecule has 2 saturated heterocycles.